The molecule has 1 aliphatic rings. The van der Waals surface area contributed by atoms with Crippen LogP contribution in [0.15, 0.2) is 41.3 Å². The summed E-state index contributed by atoms with van der Waals surface area (Å²) < 4.78 is 13.1. The average molecular weight is 342 g/mol. The Morgan fingerprint density at radius 1 is 1.16 bits per heavy atom. The van der Waals surface area contributed by atoms with E-state index in [2.05, 4.69) is 5.10 Å². The van der Waals surface area contributed by atoms with Gasteiger partial charge in [0.25, 0.3) is 5.56 Å². The minimum atomic E-state index is -1.29. The largest absolute Gasteiger partial charge is 0.494 e. The molecule has 2 heterocycles. The summed E-state index contributed by atoms with van der Waals surface area (Å²) in [4.78, 5) is 23.5. The zero-order valence-corrected chi connectivity index (χ0v) is 14.5. The molecule has 0 bridgehead atoms. The second kappa shape index (κ2) is 5.82. The molecule has 0 radical (unpaired) electrons. The van der Waals surface area contributed by atoms with Gasteiger partial charge in [-0.15, -0.1) is 0 Å². The van der Waals surface area contributed by atoms with Crippen molar-refractivity contribution in [1.29, 1.82) is 0 Å². The fraction of sp³-hybridized carbons (Fsp3) is 0.353. The molecular weight excluding hydrogens is 323 g/mol. The van der Waals surface area contributed by atoms with E-state index >= 15 is 0 Å². The fourth-order valence-corrected chi connectivity index (χ4v) is 2.54. The van der Waals surface area contributed by atoms with Gasteiger partial charge in [-0.25, -0.2) is 4.79 Å². The lowest BCUT2D eigenvalue weighted by molar-refractivity contribution is 0.00578. The standard InChI is InChI=1S/C17H19BN2O5/c1-16(2)17(3,4)25-18(24-16)11-6-5-7-12(10-11)20-14(21)13(15(22)23)8-9-19-20/h5-10H,1-4H3,(H,22,23). The highest BCUT2D eigenvalue weighted by molar-refractivity contribution is 6.62. The van der Waals surface area contributed by atoms with Crippen molar-refractivity contribution in [2.75, 3.05) is 0 Å². The van der Waals surface area contributed by atoms with Gasteiger partial charge in [0.1, 0.15) is 5.56 Å². The molecule has 0 atom stereocenters. The van der Waals surface area contributed by atoms with Crippen molar-refractivity contribution in [3.63, 3.8) is 0 Å². The van der Waals surface area contributed by atoms with Crippen LogP contribution in [0.1, 0.15) is 38.1 Å². The van der Waals surface area contributed by atoms with Crippen LogP contribution in [0.5, 0.6) is 0 Å². The zero-order valence-electron chi connectivity index (χ0n) is 14.5. The molecule has 0 aliphatic carbocycles. The summed E-state index contributed by atoms with van der Waals surface area (Å²) in [5, 5.41) is 13.1. The third-order valence-corrected chi connectivity index (χ3v) is 4.72. The summed E-state index contributed by atoms with van der Waals surface area (Å²) in [7, 11) is -0.580. The molecule has 1 saturated heterocycles. The number of benzene rings is 1. The van der Waals surface area contributed by atoms with E-state index in [1.165, 1.54) is 12.3 Å². The number of carbonyl (C=O) groups is 1. The first-order chi connectivity index (χ1) is 11.6. The van der Waals surface area contributed by atoms with E-state index in [4.69, 9.17) is 14.4 Å². The Labute approximate surface area is 145 Å². The number of nitrogens with zero attached hydrogens (tertiary/aromatic N) is 2. The molecule has 1 aromatic carbocycles. The first-order valence-corrected chi connectivity index (χ1v) is 7.90. The van der Waals surface area contributed by atoms with Crippen LogP contribution in [0.3, 0.4) is 0 Å². The van der Waals surface area contributed by atoms with Gasteiger partial charge in [0, 0.05) is 6.20 Å². The molecule has 0 amide bonds. The van der Waals surface area contributed by atoms with Crippen molar-refractivity contribution in [2.45, 2.75) is 38.9 Å². The maximum Gasteiger partial charge on any atom is 0.494 e. The van der Waals surface area contributed by atoms with Crippen molar-refractivity contribution in [2.24, 2.45) is 0 Å². The van der Waals surface area contributed by atoms with Crippen molar-refractivity contribution in [3.05, 3.63) is 52.4 Å². The van der Waals surface area contributed by atoms with Crippen LogP contribution >= 0.6 is 0 Å². The fourth-order valence-electron chi connectivity index (χ4n) is 2.54. The van der Waals surface area contributed by atoms with Gasteiger partial charge in [-0.1, -0.05) is 12.1 Å². The number of hydrogen-bond donors (Lipinski definition) is 1. The molecule has 130 valence electrons. The van der Waals surface area contributed by atoms with Crippen LogP contribution in [0.4, 0.5) is 0 Å². The molecule has 1 aromatic heterocycles. The average Bonchev–Trinajstić information content (AvgIpc) is 2.75. The van der Waals surface area contributed by atoms with E-state index in [1.807, 2.05) is 33.8 Å². The minimum absolute atomic E-state index is 0.337. The third-order valence-electron chi connectivity index (χ3n) is 4.72. The lowest BCUT2D eigenvalue weighted by atomic mass is 9.79. The summed E-state index contributed by atoms with van der Waals surface area (Å²) in [6.45, 7) is 7.83. The smallest absolute Gasteiger partial charge is 0.477 e. The van der Waals surface area contributed by atoms with E-state index in [0.29, 0.717) is 5.69 Å². The molecule has 0 unspecified atom stereocenters. The molecule has 8 heteroatoms. The summed E-state index contributed by atoms with van der Waals surface area (Å²) in [5.41, 5.74) is -0.819. The lowest BCUT2D eigenvalue weighted by Gasteiger charge is -2.32. The second-order valence-electron chi connectivity index (χ2n) is 6.95. The molecule has 1 aliphatic heterocycles. The first kappa shape index (κ1) is 17.4. The van der Waals surface area contributed by atoms with Gasteiger partial charge in [0.15, 0.2) is 0 Å². The van der Waals surface area contributed by atoms with Gasteiger partial charge in [0.2, 0.25) is 0 Å². The monoisotopic (exact) mass is 342 g/mol. The Morgan fingerprint density at radius 2 is 1.80 bits per heavy atom. The Balaban J connectivity index is 2.01. The highest BCUT2D eigenvalue weighted by Crippen LogP contribution is 2.36. The number of aromatic carboxylic acids is 1. The molecule has 1 fully saturated rings. The quantitative estimate of drug-likeness (QED) is 0.844. The maximum atomic E-state index is 12.3. The van der Waals surface area contributed by atoms with E-state index in [0.717, 1.165) is 10.1 Å². The predicted octanol–water partition coefficient (Wildman–Crippen LogP) is 1.23. The number of rotatable bonds is 3. The third kappa shape index (κ3) is 2.98. The topological polar surface area (TPSA) is 90.7 Å². The van der Waals surface area contributed by atoms with Crippen LogP contribution in [0, 0.1) is 0 Å². The Bertz CT molecular complexity index is 875. The highest BCUT2D eigenvalue weighted by atomic mass is 16.7. The normalized spacial score (nSPS) is 18.3. The molecule has 1 N–H and O–H groups in total. The van der Waals surface area contributed by atoms with E-state index in [9.17, 15) is 9.59 Å². The SMILES string of the molecule is CC1(C)OB(c2cccc(-n3nccc(C(=O)O)c3=O)c2)OC1(C)C. The summed E-state index contributed by atoms with van der Waals surface area (Å²) in [6, 6.07) is 8.14. The van der Waals surface area contributed by atoms with Crippen molar-refractivity contribution in [3.8, 4) is 5.69 Å². The maximum absolute atomic E-state index is 12.3. The summed E-state index contributed by atoms with van der Waals surface area (Å²) >= 11 is 0. The lowest BCUT2D eigenvalue weighted by Crippen LogP contribution is -2.41. The van der Waals surface area contributed by atoms with Crippen molar-refractivity contribution in [1.82, 2.24) is 9.78 Å². The Kier molecular flexibility index (Phi) is 4.05. The molecule has 0 saturated carbocycles. The van der Waals surface area contributed by atoms with Crippen LogP contribution < -0.4 is 11.0 Å². The summed E-state index contributed by atoms with van der Waals surface area (Å²) in [6.07, 6.45) is 1.28. The van der Waals surface area contributed by atoms with Crippen LogP contribution in [-0.2, 0) is 9.31 Å². The van der Waals surface area contributed by atoms with Gasteiger partial charge in [0.05, 0.1) is 16.9 Å². The zero-order chi connectivity index (χ0) is 18.4. The number of carboxylic acid groups (broad SMARTS) is 1. The van der Waals surface area contributed by atoms with Gasteiger partial charge >= 0.3 is 13.1 Å². The molecule has 2 aromatic rings. The van der Waals surface area contributed by atoms with E-state index in [-0.39, 0.29) is 5.56 Å². The van der Waals surface area contributed by atoms with E-state index < -0.39 is 29.8 Å². The predicted molar refractivity (Wildman–Crippen MR) is 92.5 cm³/mol. The second-order valence-corrected chi connectivity index (χ2v) is 6.95. The molecule has 7 nitrogen and oxygen atoms in total. The van der Waals surface area contributed by atoms with Crippen LogP contribution in [0.2, 0.25) is 0 Å². The van der Waals surface area contributed by atoms with Gasteiger partial charge in [-0.2, -0.15) is 9.78 Å². The van der Waals surface area contributed by atoms with Gasteiger partial charge in [-0.05, 0) is 51.4 Å². The molecule has 0 spiro atoms. The molecule has 25 heavy (non-hydrogen) atoms. The molecular formula is C17H19BN2O5. The van der Waals surface area contributed by atoms with Crippen molar-refractivity contribution < 1.29 is 19.2 Å². The first-order valence-electron chi connectivity index (χ1n) is 7.90. The van der Waals surface area contributed by atoms with Crippen LogP contribution in [0.25, 0.3) is 5.69 Å². The number of aromatic nitrogens is 2. The Hall–Kier alpha value is -2.45. The number of hydrogen-bond acceptors (Lipinski definition) is 5. The Morgan fingerprint density at radius 3 is 2.40 bits per heavy atom. The van der Waals surface area contributed by atoms with Gasteiger partial charge in [-0.3, -0.25) is 4.79 Å². The number of carboxylic acids is 1. The molecule has 3 rings (SSSR count). The summed E-state index contributed by atoms with van der Waals surface area (Å²) in [5.74, 6) is -1.29. The van der Waals surface area contributed by atoms with Gasteiger partial charge < -0.3 is 14.4 Å². The van der Waals surface area contributed by atoms with Crippen molar-refractivity contribution >= 4 is 18.6 Å². The highest BCUT2D eigenvalue weighted by Gasteiger charge is 2.51. The van der Waals surface area contributed by atoms with Crippen LogP contribution in [-0.4, -0.2) is 39.2 Å². The minimum Gasteiger partial charge on any atom is -0.477 e. The van der Waals surface area contributed by atoms with E-state index in [1.54, 1.807) is 18.2 Å².